The summed E-state index contributed by atoms with van der Waals surface area (Å²) in [5.74, 6) is 0.621. The quantitative estimate of drug-likeness (QED) is 0.692. The summed E-state index contributed by atoms with van der Waals surface area (Å²) in [5.41, 5.74) is 0. The van der Waals surface area contributed by atoms with Crippen LogP contribution in [-0.4, -0.2) is 40.7 Å². The average molecular weight is 245 g/mol. The molecule has 0 saturated heterocycles. The summed E-state index contributed by atoms with van der Waals surface area (Å²) in [5, 5.41) is 2.81. The number of hydrogen-bond donors (Lipinski definition) is 2. The molecule has 6 nitrogen and oxygen atoms in total. The van der Waals surface area contributed by atoms with E-state index in [1.165, 1.54) is 19.4 Å². The van der Waals surface area contributed by atoms with Crippen LogP contribution in [0, 0.1) is 0 Å². The fourth-order valence-corrected chi connectivity index (χ4v) is 2.01. The molecule has 1 aromatic rings. The third-order valence-corrected chi connectivity index (χ3v) is 3.35. The van der Waals surface area contributed by atoms with E-state index < -0.39 is 10.0 Å². The highest BCUT2D eigenvalue weighted by Gasteiger charge is 2.13. The summed E-state index contributed by atoms with van der Waals surface area (Å²) < 4.78 is 30.5. The van der Waals surface area contributed by atoms with Crippen LogP contribution in [0.5, 0.6) is 0 Å². The van der Waals surface area contributed by atoms with Crippen LogP contribution in [-0.2, 0) is 14.8 Å². The summed E-state index contributed by atoms with van der Waals surface area (Å²) in [6.07, 6.45) is 1.31. The summed E-state index contributed by atoms with van der Waals surface area (Å²) in [6.45, 7) is 0.577. The van der Waals surface area contributed by atoms with Gasteiger partial charge in [0.2, 0.25) is 10.0 Å². The molecule has 90 valence electrons. The monoisotopic (exact) mass is 245 g/mol. The Morgan fingerprint density at radius 2 is 2.19 bits per heavy atom. The highest BCUT2D eigenvalue weighted by atomic mass is 32.2. The van der Waals surface area contributed by atoms with Crippen molar-refractivity contribution >= 4 is 15.8 Å². The average Bonchev–Trinajstić information content (AvgIpc) is 2.29. The van der Waals surface area contributed by atoms with Gasteiger partial charge in [-0.3, -0.25) is 0 Å². The van der Waals surface area contributed by atoms with Crippen LogP contribution in [0.25, 0.3) is 0 Å². The Labute approximate surface area is 95.1 Å². The van der Waals surface area contributed by atoms with E-state index in [0.717, 1.165) is 0 Å². The van der Waals surface area contributed by atoms with Crippen LogP contribution >= 0.6 is 0 Å². The largest absolute Gasteiger partial charge is 0.383 e. The van der Waals surface area contributed by atoms with Crippen molar-refractivity contribution < 1.29 is 13.2 Å². The molecule has 0 saturated carbocycles. The molecule has 0 aliphatic carbocycles. The molecular weight excluding hydrogens is 230 g/mol. The van der Waals surface area contributed by atoms with E-state index in [0.29, 0.717) is 12.4 Å². The standard InChI is InChI=1S/C9H15N3O3S/c1-10-9-4-3-8(7-11-9)16(13,14)12-5-6-15-2/h3-4,7,12H,5-6H2,1-2H3,(H,10,11). The van der Waals surface area contributed by atoms with E-state index in [1.807, 2.05) is 0 Å². The minimum absolute atomic E-state index is 0.141. The van der Waals surface area contributed by atoms with Gasteiger partial charge >= 0.3 is 0 Å². The molecule has 0 spiro atoms. The molecule has 1 aromatic heterocycles. The number of methoxy groups -OCH3 is 1. The Hall–Kier alpha value is -1.18. The lowest BCUT2D eigenvalue weighted by Gasteiger charge is -2.06. The molecule has 16 heavy (non-hydrogen) atoms. The van der Waals surface area contributed by atoms with Gasteiger partial charge in [-0.05, 0) is 12.1 Å². The maximum Gasteiger partial charge on any atom is 0.242 e. The second-order valence-electron chi connectivity index (χ2n) is 3.02. The minimum atomic E-state index is -3.48. The van der Waals surface area contributed by atoms with E-state index in [4.69, 9.17) is 4.74 Å². The van der Waals surface area contributed by atoms with Gasteiger partial charge in [0.1, 0.15) is 10.7 Å². The van der Waals surface area contributed by atoms with Crippen LogP contribution in [0.15, 0.2) is 23.2 Å². The smallest absolute Gasteiger partial charge is 0.242 e. The number of hydrogen-bond acceptors (Lipinski definition) is 5. The zero-order valence-corrected chi connectivity index (χ0v) is 10.0. The maximum absolute atomic E-state index is 11.7. The van der Waals surface area contributed by atoms with Gasteiger partial charge in [0.15, 0.2) is 0 Å². The molecule has 0 aromatic carbocycles. The van der Waals surface area contributed by atoms with Crippen LogP contribution in [0.2, 0.25) is 0 Å². The van der Waals surface area contributed by atoms with Gasteiger partial charge in [0.05, 0.1) is 6.61 Å². The molecule has 0 bridgehead atoms. The van der Waals surface area contributed by atoms with Crippen LogP contribution in [0.4, 0.5) is 5.82 Å². The van der Waals surface area contributed by atoms with Crippen LogP contribution in [0.3, 0.4) is 0 Å². The Morgan fingerprint density at radius 1 is 1.44 bits per heavy atom. The first-order valence-corrected chi connectivity index (χ1v) is 6.21. The van der Waals surface area contributed by atoms with Gasteiger partial charge in [-0.25, -0.2) is 18.1 Å². The van der Waals surface area contributed by atoms with Crippen molar-refractivity contribution in [2.75, 3.05) is 32.6 Å². The lowest BCUT2D eigenvalue weighted by Crippen LogP contribution is -2.27. The topological polar surface area (TPSA) is 80.3 Å². The molecular formula is C9H15N3O3S. The van der Waals surface area contributed by atoms with E-state index >= 15 is 0 Å². The molecule has 0 aliphatic rings. The Bertz CT molecular complexity index is 416. The van der Waals surface area contributed by atoms with Crippen molar-refractivity contribution in [1.82, 2.24) is 9.71 Å². The van der Waals surface area contributed by atoms with Crippen molar-refractivity contribution in [3.8, 4) is 0 Å². The molecule has 1 rings (SSSR count). The predicted molar refractivity (Wildman–Crippen MR) is 60.8 cm³/mol. The van der Waals surface area contributed by atoms with Gasteiger partial charge in [0.25, 0.3) is 0 Å². The predicted octanol–water partition coefficient (Wildman–Crippen LogP) is 0.0480. The molecule has 0 fully saturated rings. The normalized spacial score (nSPS) is 11.4. The van der Waals surface area contributed by atoms with Gasteiger partial charge in [-0.2, -0.15) is 0 Å². The minimum Gasteiger partial charge on any atom is -0.383 e. The van der Waals surface area contributed by atoms with Crippen LogP contribution in [0.1, 0.15) is 0 Å². The first-order valence-electron chi connectivity index (χ1n) is 4.72. The van der Waals surface area contributed by atoms with Crippen molar-refractivity contribution in [3.63, 3.8) is 0 Å². The summed E-state index contributed by atoms with van der Waals surface area (Å²) >= 11 is 0. The Morgan fingerprint density at radius 3 is 2.69 bits per heavy atom. The molecule has 0 atom stereocenters. The first kappa shape index (κ1) is 12.9. The number of anilines is 1. The van der Waals surface area contributed by atoms with E-state index in [1.54, 1.807) is 13.1 Å². The van der Waals surface area contributed by atoms with E-state index in [2.05, 4.69) is 15.0 Å². The van der Waals surface area contributed by atoms with Crippen molar-refractivity contribution in [1.29, 1.82) is 0 Å². The molecule has 0 radical (unpaired) electrons. The van der Waals surface area contributed by atoms with E-state index in [9.17, 15) is 8.42 Å². The fourth-order valence-electron chi connectivity index (χ4n) is 1.05. The van der Waals surface area contributed by atoms with Gasteiger partial charge < -0.3 is 10.1 Å². The first-order chi connectivity index (χ1) is 7.60. The molecule has 0 aliphatic heterocycles. The zero-order valence-electron chi connectivity index (χ0n) is 9.23. The second-order valence-corrected chi connectivity index (χ2v) is 4.79. The lowest BCUT2D eigenvalue weighted by molar-refractivity contribution is 0.204. The number of nitrogens with zero attached hydrogens (tertiary/aromatic N) is 1. The lowest BCUT2D eigenvalue weighted by atomic mass is 10.5. The number of rotatable bonds is 6. The Kier molecular flexibility index (Phi) is 4.66. The number of pyridine rings is 1. The van der Waals surface area contributed by atoms with Gasteiger partial charge in [-0.15, -0.1) is 0 Å². The third kappa shape index (κ3) is 3.44. The summed E-state index contributed by atoms with van der Waals surface area (Å²) in [7, 11) is -0.251. The second kappa shape index (κ2) is 5.78. The highest BCUT2D eigenvalue weighted by Crippen LogP contribution is 2.09. The Balaban J connectivity index is 2.74. The van der Waals surface area contributed by atoms with Crippen LogP contribution < -0.4 is 10.0 Å². The van der Waals surface area contributed by atoms with Crippen molar-refractivity contribution in [2.45, 2.75) is 4.90 Å². The molecule has 1 heterocycles. The van der Waals surface area contributed by atoms with E-state index in [-0.39, 0.29) is 11.4 Å². The number of ether oxygens (including phenoxy) is 1. The number of sulfonamides is 1. The molecule has 2 N–H and O–H groups in total. The highest BCUT2D eigenvalue weighted by molar-refractivity contribution is 7.89. The molecule has 0 amide bonds. The SMILES string of the molecule is CNc1ccc(S(=O)(=O)NCCOC)cn1. The number of nitrogens with one attached hydrogen (secondary N) is 2. The maximum atomic E-state index is 11.7. The van der Waals surface area contributed by atoms with Gasteiger partial charge in [0, 0.05) is 26.9 Å². The summed E-state index contributed by atoms with van der Waals surface area (Å²) in [4.78, 5) is 4.07. The fraction of sp³-hybridized carbons (Fsp3) is 0.444. The van der Waals surface area contributed by atoms with Crippen molar-refractivity contribution in [2.24, 2.45) is 0 Å². The number of aromatic nitrogens is 1. The third-order valence-electron chi connectivity index (χ3n) is 1.90. The van der Waals surface area contributed by atoms with Crippen molar-refractivity contribution in [3.05, 3.63) is 18.3 Å². The molecule has 0 unspecified atom stereocenters. The zero-order chi connectivity index (χ0) is 12.0. The molecule has 7 heteroatoms. The van der Waals surface area contributed by atoms with Gasteiger partial charge in [-0.1, -0.05) is 0 Å². The summed E-state index contributed by atoms with van der Waals surface area (Å²) in [6, 6.07) is 3.10.